The normalized spacial score (nSPS) is 20.6. The summed E-state index contributed by atoms with van der Waals surface area (Å²) in [5.74, 6) is 1.55. The molecule has 3 aromatic rings. The summed E-state index contributed by atoms with van der Waals surface area (Å²) in [6.45, 7) is 1.28. The smallest absolute Gasteiger partial charge is 0.200 e. The van der Waals surface area contributed by atoms with Gasteiger partial charge in [-0.05, 0) is 41.1 Å². The van der Waals surface area contributed by atoms with Gasteiger partial charge in [-0.3, -0.25) is 4.98 Å². The number of anilines is 1. The van der Waals surface area contributed by atoms with Crippen molar-refractivity contribution in [1.82, 2.24) is 30.2 Å². The monoisotopic (exact) mass is 327 g/mol. The van der Waals surface area contributed by atoms with Crippen molar-refractivity contribution >= 4 is 11.5 Å². The Morgan fingerprint density at radius 1 is 1.29 bits per heavy atom. The molecule has 9 nitrogen and oxygen atoms in total. The van der Waals surface area contributed by atoms with Crippen LogP contribution in [0, 0.1) is 0 Å². The highest BCUT2D eigenvalue weighted by molar-refractivity contribution is 5.46. The van der Waals surface area contributed by atoms with Crippen LogP contribution in [0.2, 0.25) is 0 Å². The molecule has 0 bridgehead atoms. The number of hydrogen-bond acceptors (Lipinski definition) is 8. The fourth-order valence-electron chi connectivity index (χ4n) is 2.90. The predicted octanol–water partition coefficient (Wildman–Crippen LogP) is 0.587. The fraction of sp³-hybridized carbons (Fsp3) is 0.400. The Hall–Kier alpha value is -2.81. The Bertz CT molecular complexity index is 810. The maximum absolute atomic E-state index is 5.87. The van der Waals surface area contributed by atoms with Crippen molar-refractivity contribution < 1.29 is 9.47 Å². The zero-order chi connectivity index (χ0) is 16.4. The second kappa shape index (κ2) is 6.36. The average Bonchev–Trinajstić information content (AvgIpc) is 3.26. The number of rotatable bonds is 5. The van der Waals surface area contributed by atoms with Crippen LogP contribution in [-0.2, 0) is 4.74 Å². The first-order chi connectivity index (χ1) is 11.8. The molecule has 24 heavy (non-hydrogen) atoms. The molecule has 0 saturated carbocycles. The molecule has 3 aromatic heterocycles. The third-order valence-electron chi connectivity index (χ3n) is 4.14. The van der Waals surface area contributed by atoms with Crippen molar-refractivity contribution in [2.45, 2.75) is 18.6 Å². The number of fused-ring (bicyclic) bond motifs is 1. The molecule has 0 radical (unpaired) electrons. The highest BCUT2D eigenvalue weighted by atomic mass is 16.5. The van der Waals surface area contributed by atoms with Crippen LogP contribution in [0.3, 0.4) is 0 Å². The zero-order valence-electron chi connectivity index (χ0n) is 13.2. The number of hydrogen-bond donors (Lipinski definition) is 0. The first-order valence-corrected chi connectivity index (χ1v) is 7.71. The maximum Gasteiger partial charge on any atom is 0.200 e. The largest absolute Gasteiger partial charge is 0.490 e. The topological polar surface area (TPSA) is 90.6 Å². The second-order valence-electron chi connectivity index (χ2n) is 5.62. The van der Waals surface area contributed by atoms with E-state index in [1.807, 2.05) is 24.3 Å². The van der Waals surface area contributed by atoms with E-state index in [9.17, 15) is 0 Å². The summed E-state index contributed by atoms with van der Waals surface area (Å²) in [5.41, 5.74) is 0.615. The van der Waals surface area contributed by atoms with Crippen LogP contribution in [0.5, 0.6) is 5.75 Å². The van der Waals surface area contributed by atoms with Gasteiger partial charge in [-0.2, -0.15) is 0 Å². The number of ether oxygens (including phenoxy) is 2. The Morgan fingerprint density at radius 2 is 2.25 bits per heavy atom. The molecule has 0 aromatic carbocycles. The summed E-state index contributed by atoms with van der Waals surface area (Å²) >= 11 is 0. The molecule has 1 saturated heterocycles. The molecule has 1 aliphatic heterocycles. The Morgan fingerprint density at radius 3 is 3.08 bits per heavy atom. The molecular weight excluding hydrogens is 310 g/mol. The van der Waals surface area contributed by atoms with Gasteiger partial charge >= 0.3 is 0 Å². The second-order valence-corrected chi connectivity index (χ2v) is 5.62. The van der Waals surface area contributed by atoms with E-state index in [2.05, 4.69) is 30.5 Å². The fourth-order valence-corrected chi connectivity index (χ4v) is 2.90. The highest BCUT2D eigenvalue weighted by Gasteiger charge is 2.34. The van der Waals surface area contributed by atoms with Gasteiger partial charge < -0.3 is 14.4 Å². The third-order valence-corrected chi connectivity index (χ3v) is 4.14. The van der Waals surface area contributed by atoms with Gasteiger partial charge in [0.2, 0.25) is 0 Å². The van der Waals surface area contributed by atoms with Gasteiger partial charge in [0.25, 0.3) is 0 Å². The van der Waals surface area contributed by atoms with Crippen LogP contribution < -0.4 is 9.64 Å². The van der Waals surface area contributed by atoms with Crippen molar-refractivity contribution in [2.75, 3.05) is 25.2 Å². The summed E-state index contributed by atoms with van der Waals surface area (Å²) in [6.07, 6.45) is 4.44. The van der Waals surface area contributed by atoms with E-state index in [4.69, 9.17) is 9.47 Å². The van der Waals surface area contributed by atoms with Crippen LogP contribution in [0.25, 0.3) is 5.65 Å². The molecule has 1 aliphatic rings. The molecule has 124 valence electrons. The molecule has 4 heterocycles. The molecule has 0 amide bonds. The summed E-state index contributed by atoms with van der Waals surface area (Å²) < 4.78 is 12.8. The van der Waals surface area contributed by atoms with Crippen LogP contribution in [0.4, 0.5) is 5.82 Å². The van der Waals surface area contributed by atoms with Gasteiger partial charge in [0.05, 0.1) is 18.3 Å². The Balaban J connectivity index is 1.54. The molecule has 0 N–H and O–H groups in total. The first-order valence-electron chi connectivity index (χ1n) is 7.71. The minimum absolute atomic E-state index is 0.138. The van der Waals surface area contributed by atoms with Crippen molar-refractivity contribution in [2.24, 2.45) is 0 Å². The number of methoxy groups -OCH3 is 1. The van der Waals surface area contributed by atoms with E-state index in [1.54, 1.807) is 19.5 Å². The molecule has 4 rings (SSSR count). The molecule has 0 spiro atoms. The highest BCUT2D eigenvalue weighted by Crippen LogP contribution is 2.26. The molecular formula is C15H17N7O2. The molecule has 2 atom stereocenters. The van der Waals surface area contributed by atoms with Gasteiger partial charge in [-0.15, -0.1) is 14.8 Å². The van der Waals surface area contributed by atoms with E-state index in [0.29, 0.717) is 12.3 Å². The van der Waals surface area contributed by atoms with Gasteiger partial charge in [0.15, 0.2) is 11.5 Å². The summed E-state index contributed by atoms with van der Waals surface area (Å²) in [7, 11) is 1.73. The van der Waals surface area contributed by atoms with Gasteiger partial charge in [0, 0.05) is 19.9 Å². The number of aromatic nitrogens is 6. The van der Waals surface area contributed by atoms with Crippen LogP contribution in [-0.4, -0.2) is 62.6 Å². The van der Waals surface area contributed by atoms with E-state index in [0.717, 1.165) is 24.5 Å². The quantitative estimate of drug-likeness (QED) is 0.672. The third kappa shape index (κ3) is 2.85. The first kappa shape index (κ1) is 14.8. The van der Waals surface area contributed by atoms with Gasteiger partial charge in [-0.25, -0.2) is 0 Å². The molecule has 0 aliphatic carbocycles. The number of pyridine rings is 1. The lowest BCUT2D eigenvalue weighted by molar-refractivity contribution is 0.115. The minimum atomic E-state index is 0.138. The van der Waals surface area contributed by atoms with Gasteiger partial charge in [-0.1, -0.05) is 0 Å². The maximum atomic E-state index is 5.87. The summed E-state index contributed by atoms with van der Waals surface area (Å²) in [5, 5.41) is 15.8. The summed E-state index contributed by atoms with van der Waals surface area (Å²) in [6, 6.07) is 7.66. The van der Waals surface area contributed by atoms with E-state index < -0.39 is 0 Å². The van der Waals surface area contributed by atoms with Crippen molar-refractivity contribution in [3.05, 3.63) is 36.7 Å². The Labute approximate surface area is 138 Å². The summed E-state index contributed by atoms with van der Waals surface area (Å²) in [4.78, 5) is 6.24. The number of nitrogens with zero attached hydrogens (tertiary/aromatic N) is 7. The molecule has 1 fully saturated rings. The van der Waals surface area contributed by atoms with Crippen molar-refractivity contribution in [1.29, 1.82) is 0 Å². The van der Waals surface area contributed by atoms with Crippen LogP contribution in [0.1, 0.15) is 6.42 Å². The lowest BCUT2D eigenvalue weighted by Gasteiger charge is -2.25. The predicted molar refractivity (Wildman–Crippen MR) is 84.9 cm³/mol. The van der Waals surface area contributed by atoms with Gasteiger partial charge in [0.1, 0.15) is 12.4 Å². The average molecular weight is 327 g/mol. The number of tetrazole rings is 1. The van der Waals surface area contributed by atoms with Crippen molar-refractivity contribution in [3.63, 3.8) is 0 Å². The van der Waals surface area contributed by atoms with E-state index in [1.165, 1.54) is 4.63 Å². The Kier molecular flexibility index (Phi) is 3.91. The van der Waals surface area contributed by atoms with Crippen LogP contribution in [0.15, 0.2) is 36.7 Å². The molecule has 9 heteroatoms. The lowest BCUT2D eigenvalue weighted by Crippen LogP contribution is -2.35. The lowest BCUT2D eigenvalue weighted by atomic mass is 10.2. The van der Waals surface area contributed by atoms with E-state index >= 15 is 0 Å². The van der Waals surface area contributed by atoms with Crippen LogP contribution >= 0.6 is 0 Å². The van der Waals surface area contributed by atoms with Crippen molar-refractivity contribution in [3.8, 4) is 5.75 Å². The zero-order valence-corrected chi connectivity index (χ0v) is 13.2. The SMILES string of the molecule is CO[C@@H]1C[C@@H](COc2cccnc2)N(c2ccc3nnnn3n2)C1. The van der Waals surface area contributed by atoms with E-state index in [-0.39, 0.29) is 12.1 Å². The molecule has 0 unspecified atom stereocenters. The standard InChI is InChI=1S/C15H17N7O2/c1-23-13-7-11(10-24-12-3-2-6-16-8-12)21(9-13)15-5-4-14-17-19-20-22(14)18-15/h2-6,8,11,13H,7,9-10H2,1H3/t11-,13+/m0/s1. The minimum Gasteiger partial charge on any atom is -0.490 e.